The summed E-state index contributed by atoms with van der Waals surface area (Å²) in [6, 6.07) is 0. The largest absolute Gasteiger partial charge is 0.393 e. The third-order valence-corrected chi connectivity index (χ3v) is 6.34. The van der Waals surface area contributed by atoms with Gasteiger partial charge < -0.3 is 5.11 Å². The molecule has 1 saturated heterocycles. The van der Waals surface area contributed by atoms with Gasteiger partial charge in [-0.2, -0.15) is 0 Å². The van der Waals surface area contributed by atoms with Gasteiger partial charge in [-0.05, 0) is 26.2 Å². The molecule has 3 atom stereocenters. The predicted molar refractivity (Wildman–Crippen MR) is 64.0 cm³/mol. The van der Waals surface area contributed by atoms with Crippen LogP contribution in [0.3, 0.4) is 0 Å². The zero-order chi connectivity index (χ0) is 10.8. The van der Waals surface area contributed by atoms with E-state index in [0.717, 1.165) is 18.6 Å². The van der Waals surface area contributed by atoms with Crippen LogP contribution in [0.5, 0.6) is 0 Å². The molecule has 0 aromatic carbocycles. The lowest BCUT2D eigenvalue weighted by Crippen LogP contribution is -2.32. The minimum atomic E-state index is -0.757. The summed E-state index contributed by atoms with van der Waals surface area (Å²) in [6.07, 6.45) is 2.36. The van der Waals surface area contributed by atoms with Crippen LogP contribution in [0, 0.1) is 0 Å². The van der Waals surface area contributed by atoms with Gasteiger partial charge in [-0.15, -0.1) is 11.8 Å². The molecule has 1 heterocycles. The predicted octanol–water partition coefficient (Wildman–Crippen LogP) is 2.14. The molecule has 0 amide bonds. The van der Waals surface area contributed by atoms with E-state index in [1.165, 1.54) is 0 Å². The van der Waals surface area contributed by atoms with Crippen molar-refractivity contribution >= 4 is 22.6 Å². The molecule has 0 saturated carbocycles. The zero-order valence-corrected chi connectivity index (χ0v) is 10.8. The summed E-state index contributed by atoms with van der Waals surface area (Å²) in [6.45, 7) is 6.05. The number of aliphatic hydroxyl groups is 1. The van der Waals surface area contributed by atoms with E-state index in [9.17, 15) is 9.32 Å². The van der Waals surface area contributed by atoms with Crippen molar-refractivity contribution in [1.82, 2.24) is 0 Å². The van der Waals surface area contributed by atoms with Gasteiger partial charge in [0.15, 0.2) is 0 Å². The van der Waals surface area contributed by atoms with Gasteiger partial charge in [0.1, 0.15) is 0 Å². The van der Waals surface area contributed by atoms with Gasteiger partial charge in [0.2, 0.25) is 0 Å². The molecule has 2 nitrogen and oxygen atoms in total. The van der Waals surface area contributed by atoms with Crippen LogP contribution < -0.4 is 0 Å². The van der Waals surface area contributed by atoms with E-state index in [0.29, 0.717) is 11.7 Å². The van der Waals surface area contributed by atoms with Crippen LogP contribution in [0.1, 0.15) is 40.0 Å². The second-order valence-electron chi connectivity index (χ2n) is 4.28. The average molecular weight is 236 g/mol. The number of aliphatic hydroxyl groups excluding tert-OH is 1. The third-order valence-electron chi connectivity index (χ3n) is 2.36. The van der Waals surface area contributed by atoms with Gasteiger partial charge in [-0.1, -0.05) is 13.8 Å². The number of hydrogen-bond acceptors (Lipinski definition) is 3. The summed E-state index contributed by atoms with van der Waals surface area (Å²) in [5.74, 6) is 0.812. The molecule has 4 heteroatoms. The first-order chi connectivity index (χ1) is 6.46. The van der Waals surface area contributed by atoms with Crippen molar-refractivity contribution in [3.05, 3.63) is 0 Å². The normalized spacial score (nSPS) is 35.1. The summed E-state index contributed by atoms with van der Waals surface area (Å²) in [7, 11) is -0.757. The summed E-state index contributed by atoms with van der Waals surface area (Å²) < 4.78 is 11.8. The molecule has 0 unspecified atom stereocenters. The molecule has 0 aromatic heterocycles. The monoisotopic (exact) mass is 236 g/mol. The minimum Gasteiger partial charge on any atom is -0.393 e. The van der Waals surface area contributed by atoms with Crippen LogP contribution in [0.2, 0.25) is 0 Å². The molecule has 1 aliphatic rings. The highest BCUT2D eigenvalue weighted by atomic mass is 32.2. The lowest BCUT2D eigenvalue weighted by molar-refractivity contribution is 0.179. The zero-order valence-electron chi connectivity index (χ0n) is 9.16. The molecule has 0 aliphatic carbocycles. The van der Waals surface area contributed by atoms with Gasteiger partial charge >= 0.3 is 0 Å². The summed E-state index contributed by atoms with van der Waals surface area (Å²) >= 11 is 1.79. The van der Waals surface area contributed by atoms with E-state index >= 15 is 0 Å². The molecular formula is C10H20O2S2. The Labute approximate surface area is 93.3 Å². The Morgan fingerprint density at radius 2 is 2.14 bits per heavy atom. The fraction of sp³-hybridized carbons (Fsp3) is 1.00. The Hall–Kier alpha value is 0.460. The Morgan fingerprint density at radius 1 is 1.50 bits per heavy atom. The fourth-order valence-electron chi connectivity index (χ4n) is 2.01. The first kappa shape index (κ1) is 12.5. The van der Waals surface area contributed by atoms with Crippen LogP contribution in [0.25, 0.3) is 0 Å². The van der Waals surface area contributed by atoms with E-state index in [2.05, 4.69) is 13.8 Å². The first-order valence-corrected chi connectivity index (χ1v) is 7.40. The lowest BCUT2D eigenvalue weighted by Gasteiger charge is -2.30. The van der Waals surface area contributed by atoms with Crippen molar-refractivity contribution in [2.24, 2.45) is 0 Å². The molecular weight excluding hydrogens is 216 g/mol. The van der Waals surface area contributed by atoms with Gasteiger partial charge in [-0.25, -0.2) is 0 Å². The SMILES string of the molecule is CC(C)S[C@@]1(C[C@H](C)O)CCC[S@]1=O. The van der Waals surface area contributed by atoms with Crippen LogP contribution in [0.15, 0.2) is 0 Å². The average Bonchev–Trinajstić information content (AvgIpc) is 2.29. The molecule has 84 valence electrons. The lowest BCUT2D eigenvalue weighted by atomic mass is 10.1. The van der Waals surface area contributed by atoms with Crippen LogP contribution >= 0.6 is 11.8 Å². The Kier molecular flexibility index (Phi) is 4.47. The molecule has 1 aliphatic heterocycles. The number of thioether (sulfide) groups is 1. The third kappa shape index (κ3) is 2.97. The molecule has 0 spiro atoms. The van der Waals surface area contributed by atoms with Crippen molar-refractivity contribution in [3.8, 4) is 0 Å². The van der Waals surface area contributed by atoms with E-state index in [4.69, 9.17) is 0 Å². The standard InChI is InChI=1S/C10H20O2S2/c1-8(2)13-10(7-9(3)11)5-4-6-14(10)12/h8-9,11H,4-7H2,1-3H3/t9-,10-,14+/m0/s1. The van der Waals surface area contributed by atoms with Gasteiger partial charge in [-0.3, -0.25) is 4.21 Å². The van der Waals surface area contributed by atoms with Gasteiger partial charge in [0.25, 0.3) is 0 Å². The van der Waals surface area contributed by atoms with Crippen molar-refractivity contribution in [1.29, 1.82) is 0 Å². The van der Waals surface area contributed by atoms with Crippen molar-refractivity contribution in [2.75, 3.05) is 5.75 Å². The smallest absolute Gasteiger partial charge is 0.0935 e. The van der Waals surface area contributed by atoms with Crippen molar-refractivity contribution in [3.63, 3.8) is 0 Å². The highest BCUT2D eigenvalue weighted by Crippen LogP contribution is 2.45. The Morgan fingerprint density at radius 3 is 2.50 bits per heavy atom. The Bertz CT molecular complexity index is 204. The molecule has 14 heavy (non-hydrogen) atoms. The maximum absolute atomic E-state index is 11.9. The minimum absolute atomic E-state index is 0.164. The highest BCUT2D eigenvalue weighted by molar-refractivity contribution is 8.13. The van der Waals surface area contributed by atoms with E-state index in [1.54, 1.807) is 18.7 Å². The van der Waals surface area contributed by atoms with E-state index in [-0.39, 0.29) is 10.2 Å². The van der Waals surface area contributed by atoms with Gasteiger partial charge in [0, 0.05) is 21.8 Å². The van der Waals surface area contributed by atoms with Crippen molar-refractivity contribution in [2.45, 2.75) is 55.5 Å². The van der Waals surface area contributed by atoms with Crippen LogP contribution in [-0.4, -0.2) is 30.5 Å². The van der Waals surface area contributed by atoms with Crippen LogP contribution in [-0.2, 0) is 10.8 Å². The molecule has 0 bridgehead atoms. The molecule has 1 N–H and O–H groups in total. The highest BCUT2D eigenvalue weighted by Gasteiger charge is 2.42. The molecule has 1 fully saturated rings. The molecule has 1 rings (SSSR count). The fourth-order valence-corrected chi connectivity index (χ4v) is 6.30. The molecule has 0 radical (unpaired) electrons. The quantitative estimate of drug-likeness (QED) is 0.812. The molecule has 0 aromatic rings. The summed E-state index contributed by atoms with van der Waals surface area (Å²) in [4.78, 5) is 0. The number of rotatable bonds is 4. The maximum Gasteiger partial charge on any atom is 0.0935 e. The van der Waals surface area contributed by atoms with Crippen molar-refractivity contribution < 1.29 is 9.32 Å². The number of hydrogen-bond donors (Lipinski definition) is 1. The van der Waals surface area contributed by atoms with Crippen LogP contribution in [0.4, 0.5) is 0 Å². The summed E-state index contributed by atoms with van der Waals surface area (Å²) in [5.41, 5.74) is 0. The van der Waals surface area contributed by atoms with E-state index in [1.807, 2.05) is 0 Å². The topological polar surface area (TPSA) is 37.3 Å². The summed E-state index contributed by atoms with van der Waals surface area (Å²) in [5, 5.41) is 9.94. The second-order valence-corrected chi connectivity index (χ2v) is 8.38. The first-order valence-electron chi connectivity index (χ1n) is 5.20. The van der Waals surface area contributed by atoms with E-state index < -0.39 is 10.8 Å². The maximum atomic E-state index is 11.9. The Balaban J connectivity index is 2.73. The second kappa shape index (κ2) is 4.99. The van der Waals surface area contributed by atoms with Gasteiger partial charge in [0.05, 0.1) is 10.2 Å².